The van der Waals surface area contributed by atoms with Crippen LogP contribution in [0.3, 0.4) is 0 Å². The van der Waals surface area contributed by atoms with Gasteiger partial charge in [0.2, 0.25) is 0 Å². The zero-order chi connectivity index (χ0) is 10.6. The van der Waals surface area contributed by atoms with E-state index in [-0.39, 0.29) is 5.12 Å². The van der Waals surface area contributed by atoms with Crippen LogP contribution in [0.1, 0.15) is 45.4 Å². The van der Waals surface area contributed by atoms with E-state index in [9.17, 15) is 4.79 Å². The largest absolute Gasteiger partial charge is 0.287 e. The van der Waals surface area contributed by atoms with Gasteiger partial charge in [-0.05, 0) is 24.7 Å². The van der Waals surface area contributed by atoms with E-state index in [0.29, 0.717) is 0 Å². The molecule has 0 aliphatic carbocycles. The summed E-state index contributed by atoms with van der Waals surface area (Å²) in [5.41, 5.74) is 0. The topological polar surface area (TPSA) is 17.1 Å². The van der Waals surface area contributed by atoms with Crippen molar-refractivity contribution >= 4 is 16.9 Å². The van der Waals surface area contributed by atoms with Crippen LogP contribution < -0.4 is 0 Å². The number of terminal acetylenes is 1. The maximum absolute atomic E-state index is 10.5. The third-order valence-corrected chi connectivity index (χ3v) is 2.43. The van der Waals surface area contributed by atoms with E-state index >= 15 is 0 Å². The molecule has 0 saturated heterocycles. The lowest BCUT2D eigenvalue weighted by Gasteiger charge is -1.95. The molecule has 0 unspecified atom stereocenters. The van der Waals surface area contributed by atoms with Crippen LogP contribution in [0, 0.1) is 12.3 Å². The van der Waals surface area contributed by atoms with Crippen LogP contribution in [0.25, 0.3) is 0 Å². The lowest BCUT2D eigenvalue weighted by molar-refractivity contribution is -0.109. The highest BCUT2D eigenvalue weighted by Gasteiger charge is 1.88. The second-order valence-corrected chi connectivity index (χ2v) is 4.22. The quantitative estimate of drug-likeness (QED) is 0.470. The monoisotopic (exact) mass is 210 g/mol. The van der Waals surface area contributed by atoms with Crippen molar-refractivity contribution in [2.75, 3.05) is 0 Å². The molecule has 0 heterocycles. The number of rotatable bonds is 7. The number of thioether (sulfide) groups is 1. The van der Waals surface area contributed by atoms with Gasteiger partial charge in [-0.2, -0.15) is 0 Å². The summed E-state index contributed by atoms with van der Waals surface area (Å²) in [5.74, 6) is 2.64. The first-order valence-corrected chi connectivity index (χ1v) is 5.91. The standard InChI is InChI=1S/C12H18OS/c1-3-4-5-6-7-8-9-10-11-14-12(2)13/h1,10-11H,4-9H2,2H3/b11-10+. The molecule has 0 spiro atoms. The minimum absolute atomic E-state index is 0.148. The summed E-state index contributed by atoms with van der Waals surface area (Å²) in [6.07, 6.45) is 14.0. The predicted molar refractivity (Wildman–Crippen MR) is 63.9 cm³/mol. The fourth-order valence-corrected chi connectivity index (χ4v) is 1.48. The number of unbranched alkanes of at least 4 members (excludes halogenated alkanes) is 5. The second-order valence-electron chi connectivity index (χ2n) is 3.14. The van der Waals surface area contributed by atoms with Crippen molar-refractivity contribution < 1.29 is 4.79 Å². The molecule has 0 atom stereocenters. The van der Waals surface area contributed by atoms with Crippen LogP contribution in [0.4, 0.5) is 0 Å². The number of hydrogen-bond donors (Lipinski definition) is 0. The smallest absolute Gasteiger partial charge is 0.190 e. The van der Waals surface area contributed by atoms with Crippen LogP contribution in [0.2, 0.25) is 0 Å². The molecule has 2 heteroatoms. The SMILES string of the molecule is C#CCCCCCC/C=C/SC(C)=O. The molecule has 1 nitrogen and oxygen atoms in total. The van der Waals surface area contributed by atoms with Crippen LogP contribution in [0.5, 0.6) is 0 Å². The highest BCUT2D eigenvalue weighted by Crippen LogP contribution is 2.08. The molecule has 0 saturated carbocycles. The summed E-state index contributed by atoms with van der Waals surface area (Å²) < 4.78 is 0. The molecular weight excluding hydrogens is 192 g/mol. The average molecular weight is 210 g/mol. The molecule has 0 aliphatic rings. The molecule has 0 amide bonds. The van der Waals surface area contributed by atoms with Crippen LogP contribution >= 0.6 is 11.8 Å². The number of hydrogen-bond acceptors (Lipinski definition) is 2. The lowest BCUT2D eigenvalue weighted by atomic mass is 10.1. The zero-order valence-electron chi connectivity index (χ0n) is 8.79. The number of carbonyl (C=O) groups excluding carboxylic acids is 1. The van der Waals surface area contributed by atoms with E-state index in [1.54, 1.807) is 6.92 Å². The van der Waals surface area contributed by atoms with Gasteiger partial charge in [0.25, 0.3) is 0 Å². The van der Waals surface area contributed by atoms with Gasteiger partial charge in [0.05, 0.1) is 0 Å². The Balaban J connectivity index is 3.10. The van der Waals surface area contributed by atoms with Crippen molar-refractivity contribution in [1.82, 2.24) is 0 Å². The second kappa shape index (κ2) is 10.4. The van der Waals surface area contributed by atoms with Gasteiger partial charge in [0.1, 0.15) is 0 Å². The number of carbonyl (C=O) groups is 1. The van der Waals surface area contributed by atoms with Gasteiger partial charge in [-0.25, -0.2) is 0 Å². The van der Waals surface area contributed by atoms with Gasteiger partial charge in [-0.15, -0.1) is 12.3 Å². The molecule has 0 aromatic carbocycles. The Morgan fingerprint density at radius 2 is 2.07 bits per heavy atom. The maximum atomic E-state index is 10.5. The Kier molecular flexibility index (Phi) is 9.90. The van der Waals surface area contributed by atoms with E-state index in [1.807, 2.05) is 5.41 Å². The fourth-order valence-electron chi connectivity index (χ4n) is 1.05. The number of allylic oxidation sites excluding steroid dienone is 1. The van der Waals surface area contributed by atoms with Gasteiger partial charge in [-0.1, -0.05) is 30.7 Å². The third kappa shape index (κ3) is 11.3. The van der Waals surface area contributed by atoms with E-state index < -0.39 is 0 Å². The van der Waals surface area contributed by atoms with Gasteiger partial charge < -0.3 is 0 Å². The van der Waals surface area contributed by atoms with E-state index in [2.05, 4.69) is 12.0 Å². The Hall–Kier alpha value is -0.680. The van der Waals surface area contributed by atoms with Crippen LogP contribution in [-0.2, 0) is 4.79 Å². The highest BCUT2D eigenvalue weighted by atomic mass is 32.2. The molecule has 78 valence electrons. The summed E-state index contributed by atoms with van der Waals surface area (Å²) in [7, 11) is 0. The van der Waals surface area contributed by atoms with Crippen molar-refractivity contribution in [3.05, 3.63) is 11.5 Å². The molecule has 0 aromatic heterocycles. The van der Waals surface area contributed by atoms with Gasteiger partial charge in [0.15, 0.2) is 5.12 Å². The van der Waals surface area contributed by atoms with Crippen molar-refractivity contribution in [3.8, 4) is 12.3 Å². The highest BCUT2D eigenvalue weighted by molar-refractivity contribution is 8.16. The molecule has 0 fully saturated rings. The van der Waals surface area contributed by atoms with Gasteiger partial charge >= 0.3 is 0 Å². The molecule has 14 heavy (non-hydrogen) atoms. The average Bonchev–Trinajstić information content (AvgIpc) is 2.15. The summed E-state index contributed by atoms with van der Waals surface area (Å²) in [5, 5.41) is 2.03. The molecule has 0 radical (unpaired) electrons. The van der Waals surface area contributed by atoms with Crippen LogP contribution in [0.15, 0.2) is 11.5 Å². The van der Waals surface area contributed by atoms with Crippen LogP contribution in [-0.4, -0.2) is 5.12 Å². The Morgan fingerprint density at radius 3 is 2.71 bits per heavy atom. The first-order chi connectivity index (χ1) is 6.77. The zero-order valence-corrected chi connectivity index (χ0v) is 9.61. The molecular formula is C12H18OS. The first-order valence-electron chi connectivity index (χ1n) is 5.03. The predicted octanol–water partition coefficient (Wildman–Crippen LogP) is 3.75. The van der Waals surface area contributed by atoms with Crippen molar-refractivity contribution in [2.45, 2.75) is 45.4 Å². The Morgan fingerprint density at radius 1 is 1.36 bits per heavy atom. The minimum Gasteiger partial charge on any atom is -0.287 e. The minimum atomic E-state index is 0.148. The maximum Gasteiger partial charge on any atom is 0.190 e. The van der Waals surface area contributed by atoms with Crippen molar-refractivity contribution in [1.29, 1.82) is 0 Å². The molecule has 0 rings (SSSR count). The molecule has 0 aliphatic heterocycles. The first kappa shape index (κ1) is 13.3. The molecule has 0 N–H and O–H groups in total. The Bertz CT molecular complexity index is 213. The Labute approximate surface area is 91.3 Å². The third-order valence-electron chi connectivity index (χ3n) is 1.77. The summed E-state index contributed by atoms with van der Waals surface area (Å²) >= 11 is 1.26. The van der Waals surface area contributed by atoms with E-state index in [1.165, 1.54) is 31.0 Å². The fraction of sp³-hybridized carbons (Fsp3) is 0.583. The van der Waals surface area contributed by atoms with Crippen molar-refractivity contribution in [2.24, 2.45) is 0 Å². The molecule has 0 aromatic rings. The summed E-state index contributed by atoms with van der Waals surface area (Å²) in [6.45, 7) is 1.58. The van der Waals surface area contributed by atoms with Gasteiger partial charge in [-0.3, -0.25) is 4.79 Å². The van der Waals surface area contributed by atoms with E-state index in [4.69, 9.17) is 6.42 Å². The van der Waals surface area contributed by atoms with Crippen molar-refractivity contribution in [3.63, 3.8) is 0 Å². The van der Waals surface area contributed by atoms with Gasteiger partial charge in [0, 0.05) is 13.3 Å². The lowest BCUT2D eigenvalue weighted by Crippen LogP contribution is -1.77. The van der Waals surface area contributed by atoms with E-state index in [0.717, 1.165) is 19.3 Å². The normalized spacial score (nSPS) is 10.3. The molecule has 0 bridgehead atoms. The summed E-state index contributed by atoms with van der Waals surface area (Å²) in [6, 6.07) is 0. The summed E-state index contributed by atoms with van der Waals surface area (Å²) in [4.78, 5) is 10.5.